The lowest BCUT2D eigenvalue weighted by molar-refractivity contribution is -0.142. The van der Waals surface area contributed by atoms with Gasteiger partial charge in [-0.2, -0.15) is 0 Å². The molecule has 8 heteroatoms. The van der Waals surface area contributed by atoms with Crippen LogP contribution in [0.15, 0.2) is 48.5 Å². The second kappa shape index (κ2) is 7.70. The van der Waals surface area contributed by atoms with Crippen molar-refractivity contribution in [3.8, 4) is 5.75 Å². The van der Waals surface area contributed by atoms with Crippen molar-refractivity contribution in [3.05, 3.63) is 59.2 Å². The molecular weight excluding hydrogens is 407 g/mol. The zero-order chi connectivity index (χ0) is 20.7. The first kappa shape index (κ1) is 19.0. The van der Waals surface area contributed by atoms with Gasteiger partial charge in [0.25, 0.3) is 11.8 Å². The number of carbonyl (C=O) groups excluding carboxylic acids is 2. The highest BCUT2D eigenvalue weighted by Crippen LogP contribution is 2.36. The highest BCUT2D eigenvalue weighted by Gasteiger charge is 2.37. The van der Waals surface area contributed by atoms with Crippen LogP contribution in [-0.2, 0) is 9.53 Å². The number of fused-ring (bicyclic) bond motifs is 2. The number of benzene rings is 2. The minimum absolute atomic E-state index is 0.1000. The summed E-state index contributed by atoms with van der Waals surface area (Å²) in [6.45, 7) is 2.09. The fourth-order valence-corrected chi connectivity index (χ4v) is 4.83. The second-order valence-electron chi connectivity index (χ2n) is 7.19. The third-order valence-electron chi connectivity index (χ3n) is 5.34. The van der Waals surface area contributed by atoms with Crippen molar-refractivity contribution in [2.45, 2.75) is 6.10 Å². The number of rotatable bonds is 2. The van der Waals surface area contributed by atoms with Crippen molar-refractivity contribution >= 4 is 38.9 Å². The molecule has 3 heterocycles. The van der Waals surface area contributed by atoms with Crippen LogP contribution < -0.4 is 9.64 Å². The molecule has 0 bridgehead atoms. The van der Waals surface area contributed by atoms with Crippen LogP contribution in [-0.4, -0.2) is 55.7 Å². The van der Waals surface area contributed by atoms with Gasteiger partial charge < -0.3 is 14.4 Å². The molecule has 0 saturated carbocycles. The van der Waals surface area contributed by atoms with Crippen molar-refractivity contribution < 1.29 is 23.5 Å². The molecule has 2 aromatic carbocycles. The minimum Gasteiger partial charge on any atom is -0.476 e. The summed E-state index contributed by atoms with van der Waals surface area (Å²) in [5.41, 5.74) is 0.603. The van der Waals surface area contributed by atoms with E-state index < -0.39 is 6.10 Å². The Hall–Kier alpha value is -2.97. The molecule has 0 aliphatic carbocycles. The summed E-state index contributed by atoms with van der Waals surface area (Å²) in [5, 5.41) is 0.424. The van der Waals surface area contributed by atoms with Crippen molar-refractivity contribution in [2.24, 2.45) is 0 Å². The van der Waals surface area contributed by atoms with Gasteiger partial charge >= 0.3 is 0 Å². The molecule has 1 aromatic heterocycles. The number of para-hydroxylation sites is 2. The molecular formula is C22H19FN2O4S. The maximum atomic E-state index is 14.1. The third-order valence-corrected chi connectivity index (χ3v) is 6.42. The molecule has 3 aromatic rings. The molecule has 154 valence electrons. The number of halogens is 1. The van der Waals surface area contributed by atoms with Gasteiger partial charge in [0.1, 0.15) is 11.6 Å². The Balaban J connectivity index is 1.48. The molecule has 2 aliphatic heterocycles. The lowest BCUT2D eigenvalue weighted by Gasteiger charge is -2.37. The molecule has 6 nitrogen and oxygen atoms in total. The largest absolute Gasteiger partial charge is 0.476 e. The molecule has 5 rings (SSSR count). The Labute approximate surface area is 176 Å². The van der Waals surface area contributed by atoms with Gasteiger partial charge in [-0.05, 0) is 30.3 Å². The SMILES string of the molecule is O=C([C@H]1CN(C(=O)c2cc3c(F)cccc3s2)c2ccccc2O1)N1CCOCC1. The van der Waals surface area contributed by atoms with E-state index in [0.29, 0.717) is 52.7 Å². The normalized spacial score (nSPS) is 18.8. The van der Waals surface area contributed by atoms with Gasteiger partial charge in [-0.15, -0.1) is 11.3 Å². The topological polar surface area (TPSA) is 59.1 Å². The summed E-state index contributed by atoms with van der Waals surface area (Å²) in [7, 11) is 0. The van der Waals surface area contributed by atoms with Crippen LogP contribution in [0.1, 0.15) is 9.67 Å². The number of hydrogen-bond acceptors (Lipinski definition) is 5. The number of morpholine rings is 1. The number of nitrogens with zero attached hydrogens (tertiary/aromatic N) is 2. The summed E-state index contributed by atoms with van der Waals surface area (Å²) in [6, 6.07) is 13.5. The smallest absolute Gasteiger partial charge is 0.268 e. The first-order valence-corrected chi connectivity index (χ1v) is 10.6. The van der Waals surface area contributed by atoms with E-state index in [1.54, 1.807) is 46.2 Å². The van der Waals surface area contributed by atoms with E-state index in [2.05, 4.69) is 0 Å². The van der Waals surface area contributed by atoms with Crippen LogP contribution in [0.5, 0.6) is 5.75 Å². The maximum Gasteiger partial charge on any atom is 0.268 e. The predicted molar refractivity (Wildman–Crippen MR) is 112 cm³/mol. The molecule has 2 aliphatic rings. The summed E-state index contributed by atoms with van der Waals surface area (Å²) in [6.07, 6.45) is -0.798. The van der Waals surface area contributed by atoms with Gasteiger partial charge in [-0.25, -0.2) is 4.39 Å². The summed E-state index contributed by atoms with van der Waals surface area (Å²) in [5.74, 6) is -0.305. The average Bonchev–Trinajstić information content (AvgIpc) is 3.24. The number of carbonyl (C=O) groups is 2. The predicted octanol–water partition coefficient (Wildman–Crippen LogP) is 3.31. The van der Waals surface area contributed by atoms with Crippen LogP contribution in [0.25, 0.3) is 10.1 Å². The Morgan fingerprint density at radius 1 is 1.07 bits per heavy atom. The highest BCUT2D eigenvalue weighted by atomic mass is 32.1. The first-order valence-electron chi connectivity index (χ1n) is 9.74. The molecule has 30 heavy (non-hydrogen) atoms. The molecule has 0 N–H and O–H groups in total. The summed E-state index contributed by atoms with van der Waals surface area (Å²) < 4.78 is 26.1. The van der Waals surface area contributed by atoms with Crippen LogP contribution in [0, 0.1) is 5.82 Å². The van der Waals surface area contributed by atoms with Crippen LogP contribution >= 0.6 is 11.3 Å². The zero-order valence-corrected chi connectivity index (χ0v) is 16.9. The molecule has 0 unspecified atom stereocenters. The van der Waals surface area contributed by atoms with Crippen LogP contribution in [0.4, 0.5) is 10.1 Å². The van der Waals surface area contributed by atoms with Gasteiger partial charge in [0, 0.05) is 23.2 Å². The van der Waals surface area contributed by atoms with E-state index >= 15 is 0 Å². The fraction of sp³-hybridized carbons (Fsp3) is 0.273. The monoisotopic (exact) mass is 426 g/mol. The number of amides is 2. The lowest BCUT2D eigenvalue weighted by Crippen LogP contribution is -2.54. The minimum atomic E-state index is -0.798. The average molecular weight is 426 g/mol. The molecule has 1 fully saturated rings. The Morgan fingerprint density at radius 2 is 1.87 bits per heavy atom. The number of anilines is 1. The van der Waals surface area contributed by atoms with Crippen LogP contribution in [0.3, 0.4) is 0 Å². The van der Waals surface area contributed by atoms with Crippen LogP contribution in [0.2, 0.25) is 0 Å². The Morgan fingerprint density at radius 3 is 2.67 bits per heavy atom. The van der Waals surface area contributed by atoms with E-state index in [1.807, 2.05) is 6.07 Å². The summed E-state index contributed by atoms with van der Waals surface area (Å²) >= 11 is 1.24. The Kier molecular flexibility index (Phi) is 4.88. The molecule has 2 amide bonds. The first-order chi connectivity index (χ1) is 14.6. The number of hydrogen-bond donors (Lipinski definition) is 0. The van der Waals surface area contributed by atoms with E-state index in [1.165, 1.54) is 17.4 Å². The lowest BCUT2D eigenvalue weighted by atomic mass is 10.1. The number of thiophene rings is 1. The van der Waals surface area contributed by atoms with Crippen molar-refractivity contribution in [1.29, 1.82) is 0 Å². The van der Waals surface area contributed by atoms with Crippen molar-refractivity contribution in [3.63, 3.8) is 0 Å². The van der Waals surface area contributed by atoms with Gasteiger partial charge in [-0.3, -0.25) is 14.5 Å². The van der Waals surface area contributed by atoms with Gasteiger partial charge in [-0.1, -0.05) is 18.2 Å². The van der Waals surface area contributed by atoms with Gasteiger partial charge in [0.2, 0.25) is 0 Å². The van der Waals surface area contributed by atoms with Gasteiger partial charge in [0.05, 0.1) is 30.3 Å². The van der Waals surface area contributed by atoms with Crippen molar-refractivity contribution in [2.75, 3.05) is 37.7 Å². The third kappa shape index (κ3) is 3.32. The molecule has 1 atom stereocenters. The second-order valence-corrected chi connectivity index (χ2v) is 8.27. The fourth-order valence-electron chi connectivity index (χ4n) is 3.81. The maximum absolute atomic E-state index is 14.1. The Bertz CT molecular complexity index is 1130. The van der Waals surface area contributed by atoms with Crippen molar-refractivity contribution in [1.82, 2.24) is 4.90 Å². The molecule has 0 radical (unpaired) electrons. The summed E-state index contributed by atoms with van der Waals surface area (Å²) in [4.78, 5) is 30.1. The van der Waals surface area contributed by atoms with Gasteiger partial charge in [0.15, 0.2) is 6.10 Å². The van der Waals surface area contributed by atoms with E-state index in [0.717, 1.165) is 0 Å². The van der Waals surface area contributed by atoms with E-state index in [4.69, 9.17) is 9.47 Å². The zero-order valence-electron chi connectivity index (χ0n) is 16.0. The molecule has 0 spiro atoms. The standard InChI is InChI=1S/C22H19FN2O4S/c23-15-4-3-7-19-14(15)12-20(30-19)22(27)25-13-18(21(26)24-8-10-28-11-9-24)29-17-6-2-1-5-16(17)25/h1-7,12,18H,8-11,13H2/t18-/m1/s1. The highest BCUT2D eigenvalue weighted by molar-refractivity contribution is 7.20. The van der Waals surface area contributed by atoms with E-state index in [-0.39, 0.29) is 24.2 Å². The number of ether oxygens (including phenoxy) is 2. The van der Waals surface area contributed by atoms with E-state index in [9.17, 15) is 14.0 Å². The quantitative estimate of drug-likeness (QED) is 0.631. The molecule has 1 saturated heterocycles.